The van der Waals surface area contributed by atoms with Gasteiger partial charge in [0.1, 0.15) is 11.6 Å². The van der Waals surface area contributed by atoms with E-state index in [1.54, 1.807) is 12.1 Å². The molecule has 0 spiro atoms. The van der Waals surface area contributed by atoms with Gasteiger partial charge in [-0.3, -0.25) is 4.79 Å². The highest BCUT2D eigenvalue weighted by Crippen LogP contribution is 2.43. The topological polar surface area (TPSA) is 86.1 Å². The lowest BCUT2D eigenvalue weighted by molar-refractivity contribution is -0.174. The van der Waals surface area contributed by atoms with Crippen LogP contribution in [0.25, 0.3) is 0 Å². The van der Waals surface area contributed by atoms with E-state index in [1.807, 2.05) is 0 Å². The molecule has 0 aromatic carbocycles. The number of carbonyl (C=O) groups is 1. The van der Waals surface area contributed by atoms with Gasteiger partial charge in [0.05, 0.1) is 12.3 Å². The highest BCUT2D eigenvalue weighted by atomic mass is 19.4. The Labute approximate surface area is 116 Å². The predicted octanol–water partition coefficient (Wildman–Crippen LogP) is 2.24. The normalized spacial score (nSPS) is 21.7. The molecule has 1 aliphatic heterocycles. The number of alkyl halides is 3. The SMILES string of the molecule is NC(=O)c1cc2n(n1)[C@@H](C(F)(F)F)C[C@H](c1ccco1)N2. The Kier molecular flexibility index (Phi) is 2.92. The Morgan fingerprint density at radius 3 is 2.86 bits per heavy atom. The monoisotopic (exact) mass is 300 g/mol. The zero-order chi connectivity index (χ0) is 15.2. The number of halogens is 3. The molecule has 0 aliphatic carbocycles. The predicted molar refractivity (Wildman–Crippen MR) is 65.5 cm³/mol. The van der Waals surface area contributed by atoms with Crippen LogP contribution in [0.1, 0.15) is 34.8 Å². The molecule has 2 aromatic rings. The molecule has 21 heavy (non-hydrogen) atoms. The first-order valence-corrected chi connectivity index (χ1v) is 6.12. The summed E-state index contributed by atoms with van der Waals surface area (Å²) in [4.78, 5) is 11.1. The molecule has 0 bridgehead atoms. The van der Waals surface area contributed by atoms with E-state index >= 15 is 0 Å². The van der Waals surface area contributed by atoms with Gasteiger partial charge in [0.25, 0.3) is 5.91 Å². The molecule has 3 rings (SSSR count). The first-order chi connectivity index (χ1) is 9.86. The number of hydrogen-bond donors (Lipinski definition) is 2. The number of aromatic nitrogens is 2. The molecule has 0 unspecified atom stereocenters. The lowest BCUT2D eigenvalue weighted by Gasteiger charge is -2.32. The number of carbonyl (C=O) groups excluding carboxylic acids is 1. The number of rotatable bonds is 2. The van der Waals surface area contributed by atoms with Crippen LogP contribution < -0.4 is 11.1 Å². The second-order valence-corrected chi connectivity index (χ2v) is 4.73. The van der Waals surface area contributed by atoms with E-state index in [-0.39, 0.29) is 17.9 Å². The first kappa shape index (κ1) is 13.5. The summed E-state index contributed by atoms with van der Waals surface area (Å²) in [6.07, 6.45) is -3.40. The zero-order valence-corrected chi connectivity index (χ0v) is 10.6. The van der Waals surface area contributed by atoms with E-state index < -0.39 is 24.2 Å². The Hall–Kier alpha value is -2.45. The molecule has 0 radical (unpaired) electrons. The van der Waals surface area contributed by atoms with Crippen molar-refractivity contribution < 1.29 is 22.4 Å². The summed E-state index contributed by atoms with van der Waals surface area (Å²) in [5, 5.41) is 6.52. The minimum atomic E-state index is -4.50. The first-order valence-electron chi connectivity index (χ1n) is 6.12. The summed E-state index contributed by atoms with van der Waals surface area (Å²) >= 11 is 0. The molecule has 2 aromatic heterocycles. The summed E-state index contributed by atoms with van der Waals surface area (Å²) in [7, 11) is 0. The Bertz CT molecular complexity index is 663. The van der Waals surface area contributed by atoms with E-state index in [0.717, 1.165) is 4.68 Å². The number of furan rings is 1. The smallest absolute Gasteiger partial charge is 0.410 e. The van der Waals surface area contributed by atoms with Crippen molar-refractivity contribution in [2.45, 2.75) is 24.7 Å². The third-order valence-corrected chi connectivity index (χ3v) is 3.33. The van der Waals surface area contributed by atoms with Gasteiger partial charge in [0.15, 0.2) is 11.7 Å². The number of amides is 1. The molecule has 3 heterocycles. The van der Waals surface area contributed by atoms with Crippen molar-refractivity contribution in [3.8, 4) is 0 Å². The van der Waals surface area contributed by atoms with Crippen LogP contribution >= 0.6 is 0 Å². The lowest BCUT2D eigenvalue weighted by Crippen LogP contribution is -2.35. The van der Waals surface area contributed by atoms with Crippen LogP contribution in [-0.4, -0.2) is 21.9 Å². The Morgan fingerprint density at radius 2 is 2.29 bits per heavy atom. The average Bonchev–Trinajstić information content (AvgIpc) is 3.05. The van der Waals surface area contributed by atoms with Gasteiger partial charge in [-0.25, -0.2) is 4.68 Å². The molecular weight excluding hydrogens is 289 g/mol. The van der Waals surface area contributed by atoms with Crippen LogP contribution in [0, 0.1) is 0 Å². The van der Waals surface area contributed by atoms with Crippen LogP contribution in [0.5, 0.6) is 0 Å². The van der Waals surface area contributed by atoms with Crippen molar-refractivity contribution in [2.75, 3.05) is 5.32 Å². The third kappa shape index (κ3) is 2.34. The number of primary amides is 1. The molecule has 6 nitrogen and oxygen atoms in total. The lowest BCUT2D eigenvalue weighted by atomic mass is 10.0. The van der Waals surface area contributed by atoms with Crippen LogP contribution in [0.4, 0.5) is 19.0 Å². The minimum Gasteiger partial charge on any atom is -0.467 e. The average molecular weight is 300 g/mol. The number of hydrogen-bond acceptors (Lipinski definition) is 4. The fourth-order valence-corrected chi connectivity index (χ4v) is 2.37. The molecule has 3 N–H and O–H groups in total. The number of nitrogens with zero attached hydrogens (tertiary/aromatic N) is 2. The molecular formula is C12H11F3N4O2. The summed E-state index contributed by atoms with van der Waals surface area (Å²) in [5.74, 6) is -0.412. The van der Waals surface area contributed by atoms with E-state index in [4.69, 9.17) is 10.2 Å². The Morgan fingerprint density at radius 1 is 1.52 bits per heavy atom. The number of nitrogens with one attached hydrogen (secondary N) is 1. The summed E-state index contributed by atoms with van der Waals surface area (Å²) in [5.41, 5.74) is 4.85. The maximum atomic E-state index is 13.2. The molecule has 0 saturated carbocycles. The second kappa shape index (κ2) is 4.54. The van der Waals surface area contributed by atoms with Gasteiger partial charge in [-0.05, 0) is 12.1 Å². The fraction of sp³-hybridized carbons (Fsp3) is 0.333. The van der Waals surface area contributed by atoms with Crippen molar-refractivity contribution in [3.63, 3.8) is 0 Å². The largest absolute Gasteiger partial charge is 0.467 e. The molecule has 1 amide bonds. The zero-order valence-electron chi connectivity index (χ0n) is 10.6. The molecule has 1 aliphatic rings. The number of fused-ring (bicyclic) bond motifs is 1. The third-order valence-electron chi connectivity index (χ3n) is 3.33. The van der Waals surface area contributed by atoms with E-state index in [0.29, 0.717) is 5.76 Å². The maximum absolute atomic E-state index is 13.2. The number of nitrogens with two attached hydrogens (primary N) is 1. The molecule has 2 atom stereocenters. The van der Waals surface area contributed by atoms with Gasteiger partial charge < -0.3 is 15.5 Å². The van der Waals surface area contributed by atoms with E-state index in [1.165, 1.54) is 12.3 Å². The van der Waals surface area contributed by atoms with Crippen molar-refractivity contribution in [3.05, 3.63) is 35.9 Å². The molecule has 0 fully saturated rings. The van der Waals surface area contributed by atoms with Gasteiger partial charge in [0.2, 0.25) is 0 Å². The highest BCUT2D eigenvalue weighted by molar-refractivity contribution is 5.91. The number of anilines is 1. The Balaban J connectivity index is 2.03. The van der Waals surface area contributed by atoms with Gasteiger partial charge in [-0.1, -0.05) is 0 Å². The van der Waals surface area contributed by atoms with Crippen molar-refractivity contribution in [1.82, 2.24) is 9.78 Å². The molecule has 112 valence electrons. The second-order valence-electron chi connectivity index (χ2n) is 4.73. The van der Waals surface area contributed by atoms with E-state index in [9.17, 15) is 18.0 Å². The molecule has 0 saturated heterocycles. The molecule has 9 heteroatoms. The summed E-state index contributed by atoms with van der Waals surface area (Å²) in [6, 6.07) is 1.89. The van der Waals surface area contributed by atoms with Gasteiger partial charge in [-0.15, -0.1) is 0 Å². The van der Waals surface area contributed by atoms with E-state index in [2.05, 4.69) is 10.4 Å². The van der Waals surface area contributed by atoms with Crippen molar-refractivity contribution in [1.29, 1.82) is 0 Å². The standard InChI is InChI=1S/C12H11F3N4O2/c13-12(14,15)9-4-6(8-2-1-3-21-8)17-10-5-7(11(16)20)18-19(9)10/h1-3,5-6,9,17H,4H2,(H2,16,20)/t6-,9-/m1/s1. The summed E-state index contributed by atoms with van der Waals surface area (Å²) in [6.45, 7) is 0. The van der Waals surface area contributed by atoms with Crippen LogP contribution in [0.15, 0.2) is 28.9 Å². The van der Waals surface area contributed by atoms with Gasteiger partial charge >= 0.3 is 6.18 Å². The maximum Gasteiger partial charge on any atom is 0.410 e. The van der Waals surface area contributed by atoms with Crippen molar-refractivity contribution >= 4 is 11.7 Å². The highest BCUT2D eigenvalue weighted by Gasteiger charge is 2.47. The van der Waals surface area contributed by atoms with Crippen LogP contribution in [0.3, 0.4) is 0 Å². The van der Waals surface area contributed by atoms with Crippen molar-refractivity contribution in [2.24, 2.45) is 5.73 Å². The van der Waals surface area contributed by atoms with Gasteiger partial charge in [0, 0.05) is 12.5 Å². The fourth-order valence-electron chi connectivity index (χ4n) is 2.37. The minimum absolute atomic E-state index is 0.0822. The van der Waals surface area contributed by atoms with Crippen LogP contribution in [-0.2, 0) is 0 Å². The quantitative estimate of drug-likeness (QED) is 0.890. The summed E-state index contributed by atoms with van der Waals surface area (Å²) < 4.78 is 45.5. The van der Waals surface area contributed by atoms with Crippen LogP contribution in [0.2, 0.25) is 0 Å². The van der Waals surface area contributed by atoms with Gasteiger partial charge in [-0.2, -0.15) is 18.3 Å².